The van der Waals surface area contributed by atoms with Gasteiger partial charge in [-0.05, 0) is 87.5 Å². The zero-order valence-electron chi connectivity index (χ0n) is 26.6. The van der Waals surface area contributed by atoms with Crippen LogP contribution in [0.4, 0.5) is 0 Å². The highest BCUT2D eigenvalue weighted by molar-refractivity contribution is 7.26. The van der Waals surface area contributed by atoms with Crippen LogP contribution in [-0.2, 0) is 6.42 Å². The molecule has 0 unspecified atom stereocenters. The first-order chi connectivity index (χ1) is 23.1. The van der Waals surface area contributed by atoms with E-state index in [1.165, 1.54) is 94.6 Å². The minimum Gasteiger partial charge on any atom is -0.135 e. The Morgan fingerprint density at radius 2 is 1.11 bits per heavy atom. The first-order valence-corrected chi connectivity index (χ1v) is 18.6. The lowest BCUT2D eigenvalue weighted by Crippen LogP contribution is -1.88. The Morgan fingerprint density at radius 3 is 1.72 bits per heavy atom. The number of thiophene rings is 3. The lowest BCUT2D eigenvalue weighted by molar-refractivity contribution is 0.931. The first-order valence-electron chi connectivity index (χ1n) is 16.2. The second-order valence-corrected chi connectivity index (χ2v) is 15.1. The molecule has 0 aliphatic carbocycles. The molecule has 0 atom stereocenters. The van der Waals surface area contributed by atoms with E-state index in [-0.39, 0.29) is 0 Å². The van der Waals surface area contributed by atoms with Crippen molar-refractivity contribution in [2.24, 2.45) is 0 Å². The molecule has 8 rings (SSSR count). The maximum atomic E-state index is 4.19. The zero-order chi connectivity index (χ0) is 32.1. The van der Waals surface area contributed by atoms with Crippen LogP contribution in [0.2, 0.25) is 0 Å². The van der Waals surface area contributed by atoms with Crippen molar-refractivity contribution in [3.8, 4) is 33.4 Å². The lowest BCUT2D eigenvalue weighted by Gasteiger charge is -2.13. The van der Waals surface area contributed by atoms with Gasteiger partial charge in [0.25, 0.3) is 0 Å². The molecule has 0 aliphatic heterocycles. The highest BCUT2D eigenvalue weighted by Gasteiger charge is 2.19. The third-order valence-electron chi connectivity index (χ3n) is 9.11. The fourth-order valence-electron chi connectivity index (χ4n) is 7.03. The molecule has 5 aromatic carbocycles. The number of hydrogen-bond donors (Lipinski definition) is 0. The predicted molar refractivity (Wildman–Crippen MR) is 215 cm³/mol. The monoisotopic (exact) mass is 658 g/mol. The van der Waals surface area contributed by atoms with Crippen LogP contribution >= 0.6 is 34.0 Å². The van der Waals surface area contributed by atoms with Gasteiger partial charge in [0.1, 0.15) is 0 Å². The number of fused-ring (bicyclic) bond motifs is 5. The maximum absolute atomic E-state index is 4.19. The third kappa shape index (κ3) is 4.93. The van der Waals surface area contributed by atoms with E-state index < -0.39 is 0 Å². The molecule has 0 radical (unpaired) electrons. The fraction of sp³-hybridized carbons (Fsp3) is 0.0909. The highest BCUT2D eigenvalue weighted by Crippen LogP contribution is 2.46. The molecular formula is C44H34S3. The minimum atomic E-state index is 1.06. The number of benzene rings is 5. The Kier molecular flexibility index (Phi) is 7.77. The summed E-state index contributed by atoms with van der Waals surface area (Å²) < 4.78 is 5.30. The third-order valence-corrected chi connectivity index (χ3v) is 12.9. The summed E-state index contributed by atoms with van der Waals surface area (Å²) in [5, 5.41) is 5.28. The van der Waals surface area contributed by atoms with Crippen molar-refractivity contribution in [2.75, 3.05) is 0 Å². The second kappa shape index (κ2) is 12.2. The summed E-state index contributed by atoms with van der Waals surface area (Å²) in [6.45, 7) is 12.7. The Labute approximate surface area is 288 Å². The number of hydrogen-bond acceptors (Lipinski definition) is 3. The van der Waals surface area contributed by atoms with Crippen LogP contribution in [0.1, 0.15) is 41.1 Å². The number of aryl methyl sites for hydroxylation is 1. The molecule has 0 bridgehead atoms. The van der Waals surface area contributed by atoms with Gasteiger partial charge < -0.3 is 0 Å². The fourth-order valence-corrected chi connectivity index (χ4v) is 10.7. The molecule has 0 fully saturated rings. The summed E-state index contributed by atoms with van der Waals surface area (Å²) in [6.07, 6.45) is 10.5. The molecule has 3 aromatic heterocycles. The highest BCUT2D eigenvalue weighted by atomic mass is 32.1. The summed E-state index contributed by atoms with van der Waals surface area (Å²) in [6, 6.07) is 36.4. The quantitative estimate of drug-likeness (QED) is 0.152. The average molecular weight is 659 g/mol. The van der Waals surface area contributed by atoms with E-state index in [1.54, 1.807) is 0 Å². The van der Waals surface area contributed by atoms with Crippen molar-refractivity contribution < 1.29 is 0 Å². The molecule has 0 aliphatic rings. The van der Waals surface area contributed by atoms with Gasteiger partial charge in [0, 0.05) is 44.7 Å². The molecule has 0 saturated carbocycles. The van der Waals surface area contributed by atoms with Gasteiger partial charge in [0.05, 0.1) is 0 Å². The topological polar surface area (TPSA) is 0 Å². The molecular weight excluding hydrogens is 625 g/mol. The van der Waals surface area contributed by atoms with Crippen LogP contribution in [0.3, 0.4) is 0 Å². The summed E-state index contributed by atoms with van der Waals surface area (Å²) in [5.74, 6) is 0. The first kappa shape index (κ1) is 29.8. The predicted octanol–water partition coefficient (Wildman–Crippen LogP) is 14.8. The van der Waals surface area contributed by atoms with Gasteiger partial charge >= 0.3 is 0 Å². The van der Waals surface area contributed by atoms with Gasteiger partial charge in [0.2, 0.25) is 0 Å². The molecule has 3 heteroatoms. The van der Waals surface area contributed by atoms with Crippen LogP contribution in [0.5, 0.6) is 0 Å². The molecule has 228 valence electrons. The average Bonchev–Trinajstić information content (AvgIpc) is 3.79. The molecule has 47 heavy (non-hydrogen) atoms. The molecule has 0 spiro atoms. The summed E-state index contributed by atoms with van der Waals surface area (Å²) in [4.78, 5) is 2.50. The van der Waals surface area contributed by atoms with Crippen LogP contribution in [0.15, 0.2) is 116 Å². The van der Waals surface area contributed by atoms with Gasteiger partial charge in [-0.1, -0.05) is 124 Å². The Hall–Kier alpha value is -4.54. The molecule has 0 nitrogen and oxygen atoms in total. The van der Waals surface area contributed by atoms with E-state index >= 15 is 0 Å². The van der Waals surface area contributed by atoms with Gasteiger partial charge in [-0.3, -0.25) is 0 Å². The Morgan fingerprint density at radius 1 is 0.574 bits per heavy atom. The maximum Gasteiger partial charge on any atom is 0.0433 e. The Bertz CT molecular complexity index is 2530. The van der Waals surface area contributed by atoms with Crippen molar-refractivity contribution in [3.63, 3.8) is 0 Å². The van der Waals surface area contributed by atoms with E-state index in [0.717, 1.165) is 12.8 Å². The van der Waals surface area contributed by atoms with Crippen molar-refractivity contribution >= 4 is 92.6 Å². The number of rotatable bonds is 8. The van der Waals surface area contributed by atoms with E-state index in [4.69, 9.17) is 0 Å². The molecule has 0 amide bonds. The largest absolute Gasteiger partial charge is 0.135 e. The van der Waals surface area contributed by atoms with Gasteiger partial charge in [-0.15, -0.1) is 34.0 Å². The van der Waals surface area contributed by atoms with Crippen molar-refractivity contribution in [2.45, 2.75) is 26.7 Å². The second-order valence-electron chi connectivity index (χ2n) is 11.9. The molecule has 3 heterocycles. The summed E-state index contributed by atoms with van der Waals surface area (Å²) >= 11 is 5.61. The standard InChI is InChI=1S/C44H34S3/c1-5-14-33-36-20-11-17-30(42(36)45-39(33)7-3)27-24-28(31-18-12-21-37-34(15-6-2)40(8-4)46-43(31)37)26-29(25-27)32-19-13-22-38-35-16-9-10-23-41(35)47-44(32)38/h5,7-14,16-26H,3-4,6,15H2,1-2H3/b14-5-. The SMILES string of the molecule is C=Cc1sc2c(-c3cc(-c4cccc5c(CCC)c(C=C)sc45)cc(-c4cccc5c4sc4ccccc45)c3)cccc2c1/C=C\C. The van der Waals surface area contributed by atoms with Crippen molar-refractivity contribution in [1.82, 2.24) is 0 Å². The smallest absolute Gasteiger partial charge is 0.0433 e. The minimum absolute atomic E-state index is 1.06. The van der Waals surface area contributed by atoms with Gasteiger partial charge in [-0.25, -0.2) is 0 Å². The van der Waals surface area contributed by atoms with E-state index in [9.17, 15) is 0 Å². The van der Waals surface area contributed by atoms with E-state index in [2.05, 4.69) is 136 Å². The summed E-state index contributed by atoms with van der Waals surface area (Å²) in [7, 11) is 0. The van der Waals surface area contributed by atoms with E-state index in [0.29, 0.717) is 0 Å². The van der Waals surface area contributed by atoms with Crippen LogP contribution in [0, 0.1) is 0 Å². The normalized spacial score (nSPS) is 11.9. The van der Waals surface area contributed by atoms with Gasteiger partial charge in [0.15, 0.2) is 0 Å². The zero-order valence-corrected chi connectivity index (χ0v) is 29.0. The van der Waals surface area contributed by atoms with Gasteiger partial charge in [-0.2, -0.15) is 0 Å². The van der Waals surface area contributed by atoms with Crippen molar-refractivity contribution in [3.05, 3.63) is 137 Å². The van der Waals surface area contributed by atoms with E-state index in [1.807, 2.05) is 46.2 Å². The van der Waals surface area contributed by atoms with Crippen molar-refractivity contribution in [1.29, 1.82) is 0 Å². The van der Waals surface area contributed by atoms with Crippen LogP contribution in [0.25, 0.3) is 92.0 Å². The summed E-state index contributed by atoms with van der Waals surface area (Å²) in [5.41, 5.74) is 10.2. The Balaban J connectivity index is 1.44. The van der Waals surface area contributed by atoms with Crippen LogP contribution in [-0.4, -0.2) is 0 Å². The molecule has 8 aromatic rings. The number of allylic oxidation sites excluding steroid dienone is 1. The molecule has 0 N–H and O–H groups in total. The molecule has 0 saturated heterocycles. The van der Waals surface area contributed by atoms with Crippen LogP contribution < -0.4 is 0 Å². The lowest BCUT2D eigenvalue weighted by atomic mass is 9.91.